The average molecular weight is 422 g/mol. The fraction of sp³-hybridized carbons (Fsp3) is 0.259. The molecule has 158 valence electrons. The number of pyridine rings is 1. The van der Waals surface area contributed by atoms with Gasteiger partial charge in [-0.1, -0.05) is 30.3 Å². The molecule has 2 aliphatic heterocycles. The quantitative estimate of drug-likeness (QED) is 0.479. The van der Waals surface area contributed by atoms with E-state index in [0.717, 1.165) is 60.6 Å². The van der Waals surface area contributed by atoms with Crippen LogP contribution in [0.25, 0.3) is 22.1 Å². The molecular formula is C27H23N3O2. The minimum absolute atomic E-state index is 0.0537. The second-order valence-corrected chi connectivity index (χ2v) is 9.02. The average Bonchev–Trinajstić information content (AvgIpc) is 3.22. The summed E-state index contributed by atoms with van der Waals surface area (Å²) in [5.41, 5.74) is 4.17. The molecule has 32 heavy (non-hydrogen) atoms. The van der Waals surface area contributed by atoms with Crippen molar-refractivity contribution in [3.05, 3.63) is 94.1 Å². The first-order chi connectivity index (χ1) is 15.7. The van der Waals surface area contributed by atoms with Crippen LogP contribution in [0.3, 0.4) is 0 Å². The van der Waals surface area contributed by atoms with Crippen molar-refractivity contribution in [1.82, 2.24) is 9.47 Å². The van der Waals surface area contributed by atoms with Gasteiger partial charge in [0.1, 0.15) is 11.3 Å². The summed E-state index contributed by atoms with van der Waals surface area (Å²) in [5, 5.41) is 10.3. The van der Waals surface area contributed by atoms with Crippen LogP contribution in [0.15, 0.2) is 75.9 Å². The number of nitriles is 1. The number of furan rings is 1. The van der Waals surface area contributed by atoms with E-state index in [9.17, 15) is 10.1 Å². The smallest absolute Gasteiger partial charge is 0.258 e. The molecule has 2 unspecified atom stereocenters. The van der Waals surface area contributed by atoms with Crippen LogP contribution < -0.4 is 5.56 Å². The van der Waals surface area contributed by atoms with E-state index in [0.29, 0.717) is 23.0 Å². The Morgan fingerprint density at radius 2 is 1.91 bits per heavy atom. The predicted octanol–water partition coefficient (Wildman–Crippen LogP) is 4.75. The minimum atomic E-state index is 0.0537. The first-order valence-electron chi connectivity index (χ1n) is 11.1. The van der Waals surface area contributed by atoms with E-state index in [1.165, 1.54) is 0 Å². The Labute approximate surface area is 186 Å². The van der Waals surface area contributed by atoms with Crippen molar-refractivity contribution >= 4 is 11.0 Å². The minimum Gasteiger partial charge on any atom is -0.460 e. The molecule has 0 spiro atoms. The van der Waals surface area contributed by atoms with Crippen molar-refractivity contribution in [3.8, 4) is 17.2 Å². The number of nitrogens with zero attached hydrogens (tertiary/aromatic N) is 3. The van der Waals surface area contributed by atoms with Gasteiger partial charge in [-0.25, -0.2) is 0 Å². The van der Waals surface area contributed by atoms with Gasteiger partial charge in [0, 0.05) is 42.2 Å². The van der Waals surface area contributed by atoms with Crippen molar-refractivity contribution < 1.29 is 4.42 Å². The number of hydrogen-bond acceptors (Lipinski definition) is 4. The SMILES string of the molecule is N#Cc1cccc(-c2ccc3n(c2=O)CC2CC3CN(Cc3cc4ccccc4o3)C2)c1. The highest BCUT2D eigenvalue weighted by molar-refractivity contribution is 5.77. The van der Waals surface area contributed by atoms with Crippen molar-refractivity contribution in [2.24, 2.45) is 5.92 Å². The zero-order valence-corrected chi connectivity index (χ0v) is 17.7. The summed E-state index contributed by atoms with van der Waals surface area (Å²) < 4.78 is 8.02. The molecule has 2 atom stereocenters. The van der Waals surface area contributed by atoms with Crippen LogP contribution >= 0.6 is 0 Å². The Morgan fingerprint density at radius 3 is 2.78 bits per heavy atom. The summed E-state index contributed by atoms with van der Waals surface area (Å²) in [6, 6.07) is 23.8. The summed E-state index contributed by atoms with van der Waals surface area (Å²) in [6.45, 7) is 3.43. The monoisotopic (exact) mass is 421 g/mol. The van der Waals surface area contributed by atoms with E-state index in [-0.39, 0.29) is 5.56 Å². The lowest BCUT2D eigenvalue weighted by Gasteiger charge is -2.42. The molecule has 2 aromatic carbocycles. The van der Waals surface area contributed by atoms with E-state index < -0.39 is 0 Å². The molecule has 4 aromatic rings. The largest absolute Gasteiger partial charge is 0.460 e. The highest BCUT2D eigenvalue weighted by Crippen LogP contribution is 2.36. The highest BCUT2D eigenvalue weighted by atomic mass is 16.3. The van der Waals surface area contributed by atoms with Crippen molar-refractivity contribution in [1.29, 1.82) is 5.26 Å². The second kappa shape index (κ2) is 7.51. The van der Waals surface area contributed by atoms with Gasteiger partial charge in [-0.2, -0.15) is 5.26 Å². The van der Waals surface area contributed by atoms with Gasteiger partial charge in [0.2, 0.25) is 0 Å². The second-order valence-electron chi connectivity index (χ2n) is 9.02. The number of benzene rings is 2. The van der Waals surface area contributed by atoms with E-state index in [1.54, 1.807) is 12.1 Å². The third-order valence-electron chi connectivity index (χ3n) is 6.84. The first kappa shape index (κ1) is 19.1. The summed E-state index contributed by atoms with van der Waals surface area (Å²) >= 11 is 0. The first-order valence-corrected chi connectivity index (χ1v) is 11.1. The Bertz CT molecular complexity index is 1390. The Morgan fingerprint density at radius 1 is 1.00 bits per heavy atom. The molecule has 0 amide bonds. The van der Waals surface area contributed by atoms with Crippen LogP contribution in [0.5, 0.6) is 0 Å². The molecule has 0 radical (unpaired) electrons. The van der Waals surface area contributed by atoms with E-state index in [2.05, 4.69) is 29.2 Å². The van der Waals surface area contributed by atoms with Crippen LogP contribution in [-0.2, 0) is 13.1 Å². The van der Waals surface area contributed by atoms with Crippen molar-refractivity contribution in [3.63, 3.8) is 0 Å². The van der Waals surface area contributed by atoms with Gasteiger partial charge in [0.05, 0.1) is 18.2 Å². The normalized spacial score (nSPS) is 20.1. The van der Waals surface area contributed by atoms with Crippen LogP contribution in [0.4, 0.5) is 0 Å². The summed E-state index contributed by atoms with van der Waals surface area (Å²) in [5.74, 6) is 1.79. The predicted molar refractivity (Wildman–Crippen MR) is 123 cm³/mol. The Hall–Kier alpha value is -3.62. The summed E-state index contributed by atoms with van der Waals surface area (Å²) in [4.78, 5) is 15.8. The number of hydrogen-bond donors (Lipinski definition) is 0. The fourth-order valence-corrected chi connectivity index (χ4v) is 5.49. The lowest BCUT2D eigenvalue weighted by atomic mass is 9.82. The molecule has 1 saturated heterocycles. The third kappa shape index (κ3) is 3.24. The molecule has 5 heteroatoms. The molecule has 4 heterocycles. The lowest BCUT2D eigenvalue weighted by Crippen LogP contribution is -2.46. The van der Waals surface area contributed by atoms with Gasteiger partial charge >= 0.3 is 0 Å². The zero-order valence-electron chi connectivity index (χ0n) is 17.7. The maximum atomic E-state index is 13.4. The van der Waals surface area contributed by atoms with Gasteiger partial charge < -0.3 is 8.98 Å². The van der Waals surface area contributed by atoms with Crippen LogP contribution in [-0.4, -0.2) is 22.6 Å². The number of para-hydroxylation sites is 1. The molecule has 0 aliphatic carbocycles. The van der Waals surface area contributed by atoms with E-state index >= 15 is 0 Å². The van der Waals surface area contributed by atoms with Crippen LogP contribution in [0, 0.1) is 17.2 Å². The molecule has 5 nitrogen and oxygen atoms in total. The fourth-order valence-electron chi connectivity index (χ4n) is 5.49. The molecule has 6 rings (SSSR count). The van der Waals surface area contributed by atoms with E-state index in [4.69, 9.17) is 4.42 Å². The lowest BCUT2D eigenvalue weighted by molar-refractivity contribution is 0.108. The van der Waals surface area contributed by atoms with E-state index in [1.807, 2.05) is 41.0 Å². The molecule has 2 aliphatic rings. The van der Waals surface area contributed by atoms with Gasteiger partial charge in [0.25, 0.3) is 5.56 Å². The molecule has 2 aromatic heterocycles. The summed E-state index contributed by atoms with van der Waals surface area (Å²) in [6.07, 6.45) is 1.12. The van der Waals surface area contributed by atoms with Crippen molar-refractivity contribution in [2.45, 2.75) is 25.4 Å². The third-order valence-corrected chi connectivity index (χ3v) is 6.84. The van der Waals surface area contributed by atoms with Gasteiger partial charge in [0.15, 0.2) is 0 Å². The highest BCUT2D eigenvalue weighted by Gasteiger charge is 2.35. The Balaban J connectivity index is 1.28. The number of fused-ring (bicyclic) bond motifs is 5. The summed E-state index contributed by atoms with van der Waals surface area (Å²) in [7, 11) is 0. The molecule has 0 N–H and O–H groups in total. The van der Waals surface area contributed by atoms with Gasteiger partial charge in [-0.05, 0) is 54.3 Å². The van der Waals surface area contributed by atoms with Gasteiger partial charge in [-0.3, -0.25) is 9.69 Å². The number of rotatable bonds is 3. The van der Waals surface area contributed by atoms with Crippen LogP contribution in [0.1, 0.15) is 29.4 Å². The topological polar surface area (TPSA) is 62.2 Å². The molecule has 1 fully saturated rings. The Kier molecular flexibility index (Phi) is 4.48. The maximum Gasteiger partial charge on any atom is 0.258 e. The molecule has 2 bridgehead atoms. The maximum absolute atomic E-state index is 13.4. The molecule has 0 saturated carbocycles. The van der Waals surface area contributed by atoms with Crippen molar-refractivity contribution in [2.75, 3.05) is 13.1 Å². The standard InChI is InChI=1S/C27H23N3O2/c28-13-18-4-3-6-20(10-18)24-8-9-25-22-11-19(15-30(25)27(24)31)14-29(16-22)17-23-12-21-5-1-2-7-26(21)32-23/h1-10,12,19,22H,11,14-17H2. The van der Waals surface area contributed by atoms with Gasteiger partial charge in [-0.15, -0.1) is 0 Å². The van der Waals surface area contributed by atoms with Crippen LogP contribution in [0.2, 0.25) is 0 Å². The number of likely N-dealkylation sites (tertiary alicyclic amines) is 1. The number of aromatic nitrogens is 1. The zero-order chi connectivity index (χ0) is 21.7. The molecular weight excluding hydrogens is 398 g/mol. The number of piperidine rings is 1.